The highest BCUT2D eigenvalue weighted by Crippen LogP contribution is 2.31. The molecule has 1 aromatic heterocycles. The molecular weight excluding hydrogens is 270 g/mol. The van der Waals surface area contributed by atoms with E-state index in [1.807, 2.05) is 36.4 Å². The fourth-order valence-corrected chi connectivity index (χ4v) is 2.91. The molecule has 3 N–H and O–H groups in total. The number of methoxy groups -OCH3 is 1. The van der Waals surface area contributed by atoms with Gasteiger partial charge in [-0.05, 0) is 36.8 Å². The van der Waals surface area contributed by atoms with E-state index in [1.54, 1.807) is 18.9 Å². The molecule has 4 nitrogen and oxygen atoms in total. The van der Waals surface area contributed by atoms with Gasteiger partial charge in [-0.3, -0.25) is 0 Å². The summed E-state index contributed by atoms with van der Waals surface area (Å²) in [6.45, 7) is 2.06. The number of fused-ring (bicyclic) bond motifs is 1. The number of benzene rings is 2. The molecule has 3 aromatic rings. The Bertz CT molecular complexity index is 767. The smallest absolute Gasteiger partial charge is 0.171 e. The number of aromatic amines is 1. The molecule has 0 amide bonds. The zero-order valence-corrected chi connectivity index (χ0v) is 12.1. The van der Waals surface area contributed by atoms with E-state index in [0.29, 0.717) is 0 Å². The van der Waals surface area contributed by atoms with Gasteiger partial charge < -0.3 is 15.5 Å². The van der Waals surface area contributed by atoms with Gasteiger partial charge in [-0.2, -0.15) is 0 Å². The normalized spacial score (nSPS) is 10.9. The number of nitrogens with two attached hydrogens (primary N) is 1. The van der Waals surface area contributed by atoms with Crippen molar-refractivity contribution < 1.29 is 4.74 Å². The van der Waals surface area contributed by atoms with Crippen LogP contribution < -0.4 is 10.5 Å². The highest BCUT2D eigenvalue weighted by Gasteiger charge is 2.07. The third kappa shape index (κ3) is 2.44. The standard InChI is InChI=1S/C15H15N3OS/c1-9-3-4-10(16)7-14(9)20-15-17-12-6-5-11(19-2)8-13(12)18-15/h3-8H,16H2,1-2H3,(H,17,18). The summed E-state index contributed by atoms with van der Waals surface area (Å²) in [5, 5.41) is 0.849. The van der Waals surface area contributed by atoms with E-state index < -0.39 is 0 Å². The van der Waals surface area contributed by atoms with Crippen LogP contribution in [0.1, 0.15) is 5.56 Å². The molecule has 102 valence electrons. The van der Waals surface area contributed by atoms with Gasteiger partial charge in [0.05, 0.1) is 18.1 Å². The first-order valence-electron chi connectivity index (χ1n) is 6.23. The molecule has 0 saturated carbocycles. The molecule has 2 aromatic carbocycles. The molecule has 20 heavy (non-hydrogen) atoms. The number of hydrogen-bond acceptors (Lipinski definition) is 4. The molecule has 0 aliphatic heterocycles. The number of nitrogens with one attached hydrogen (secondary N) is 1. The van der Waals surface area contributed by atoms with E-state index in [1.165, 1.54) is 5.56 Å². The lowest BCUT2D eigenvalue weighted by atomic mass is 10.2. The van der Waals surface area contributed by atoms with Crippen LogP contribution in [-0.2, 0) is 0 Å². The maximum Gasteiger partial charge on any atom is 0.171 e. The zero-order chi connectivity index (χ0) is 14.1. The quantitative estimate of drug-likeness (QED) is 0.721. The van der Waals surface area contributed by atoms with Crippen molar-refractivity contribution in [1.82, 2.24) is 9.97 Å². The van der Waals surface area contributed by atoms with Gasteiger partial charge in [0, 0.05) is 16.6 Å². The summed E-state index contributed by atoms with van der Waals surface area (Å²) in [5.74, 6) is 0.817. The molecule has 0 aliphatic carbocycles. The van der Waals surface area contributed by atoms with Crippen molar-refractivity contribution in [3.05, 3.63) is 42.0 Å². The Balaban J connectivity index is 1.96. The molecule has 0 radical (unpaired) electrons. The third-order valence-electron chi connectivity index (χ3n) is 3.09. The monoisotopic (exact) mass is 285 g/mol. The van der Waals surface area contributed by atoms with Crippen LogP contribution in [0.4, 0.5) is 5.69 Å². The summed E-state index contributed by atoms with van der Waals surface area (Å²) < 4.78 is 5.21. The summed E-state index contributed by atoms with van der Waals surface area (Å²) in [6, 6.07) is 11.7. The second-order valence-corrected chi connectivity index (χ2v) is 5.58. The van der Waals surface area contributed by atoms with Crippen LogP contribution >= 0.6 is 11.8 Å². The van der Waals surface area contributed by atoms with Crippen molar-refractivity contribution >= 4 is 28.5 Å². The number of hydrogen-bond donors (Lipinski definition) is 2. The number of rotatable bonds is 3. The lowest BCUT2D eigenvalue weighted by molar-refractivity contribution is 0.415. The Morgan fingerprint density at radius 2 is 2.05 bits per heavy atom. The Morgan fingerprint density at radius 1 is 1.20 bits per heavy atom. The van der Waals surface area contributed by atoms with E-state index in [9.17, 15) is 0 Å². The largest absolute Gasteiger partial charge is 0.497 e. The molecule has 0 unspecified atom stereocenters. The van der Waals surface area contributed by atoms with Crippen LogP contribution in [0.25, 0.3) is 11.0 Å². The van der Waals surface area contributed by atoms with Crippen molar-refractivity contribution in [2.24, 2.45) is 0 Å². The van der Waals surface area contributed by atoms with Gasteiger partial charge in [-0.25, -0.2) is 4.98 Å². The predicted octanol–water partition coefficient (Wildman–Crippen LogP) is 3.61. The second-order valence-electron chi connectivity index (χ2n) is 4.55. The Labute approximate surface area is 121 Å². The summed E-state index contributed by atoms with van der Waals surface area (Å²) in [7, 11) is 1.66. The van der Waals surface area contributed by atoms with Crippen LogP contribution in [-0.4, -0.2) is 17.1 Å². The van der Waals surface area contributed by atoms with E-state index in [4.69, 9.17) is 10.5 Å². The van der Waals surface area contributed by atoms with E-state index >= 15 is 0 Å². The topological polar surface area (TPSA) is 63.9 Å². The maximum atomic E-state index is 5.83. The molecule has 0 bridgehead atoms. The van der Waals surface area contributed by atoms with Gasteiger partial charge in [0.1, 0.15) is 5.75 Å². The number of ether oxygens (including phenoxy) is 1. The molecule has 5 heteroatoms. The van der Waals surface area contributed by atoms with Crippen molar-refractivity contribution in [3.8, 4) is 5.75 Å². The zero-order valence-electron chi connectivity index (χ0n) is 11.3. The fourth-order valence-electron chi connectivity index (χ4n) is 1.97. The van der Waals surface area contributed by atoms with Gasteiger partial charge in [0.2, 0.25) is 0 Å². The molecule has 0 aliphatic rings. The molecule has 3 rings (SSSR count). The average molecular weight is 285 g/mol. The van der Waals surface area contributed by atoms with E-state index in [0.717, 1.165) is 32.5 Å². The first-order chi connectivity index (χ1) is 9.65. The number of aromatic nitrogens is 2. The van der Waals surface area contributed by atoms with Crippen LogP contribution in [0.3, 0.4) is 0 Å². The number of nitrogen functional groups attached to an aromatic ring is 1. The molecule has 0 fully saturated rings. The van der Waals surface area contributed by atoms with Crippen molar-refractivity contribution in [3.63, 3.8) is 0 Å². The molecule has 0 saturated heterocycles. The van der Waals surface area contributed by atoms with Crippen molar-refractivity contribution in [1.29, 1.82) is 0 Å². The first kappa shape index (κ1) is 12.9. The minimum Gasteiger partial charge on any atom is -0.497 e. The average Bonchev–Trinajstić information content (AvgIpc) is 2.84. The highest BCUT2D eigenvalue weighted by atomic mass is 32.2. The van der Waals surface area contributed by atoms with Gasteiger partial charge in [-0.1, -0.05) is 17.8 Å². The number of anilines is 1. The SMILES string of the molecule is COc1ccc2nc(Sc3cc(N)ccc3C)[nH]c2c1. The van der Waals surface area contributed by atoms with Gasteiger partial charge >= 0.3 is 0 Å². The number of nitrogens with zero attached hydrogens (tertiary/aromatic N) is 1. The Morgan fingerprint density at radius 3 is 2.85 bits per heavy atom. The van der Waals surface area contributed by atoms with Crippen LogP contribution in [0.2, 0.25) is 0 Å². The van der Waals surface area contributed by atoms with E-state index in [-0.39, 0.29) is 0 Å². The minimum absolute atomic E-state index is 0.760. The fraction of sp³-hybridized carbons (Fsp3) is 0.133. The Hall–Kier alpha value is -2.14. The highest BCUT2D eigenvalue weighted by molar-refractivity contribution is 7.99. The number of imidazole rings is 1. The summed E-state index contributed by atoms with van der Waals surface area (Å²) >= 11 is 1.58. The molecular formula is C15H15N3OS. The second kappa shape index (κ2) is 5.09. The lowest BCUT2D eigenvalue weighted by Gasteiger charge is -2.03. The summed E-state index contributed by atoms with van der Waals surface area (Å²) in [4.78, 5) is 8.97. The van der Waals surface area contributed by atoms with Gasteiger partial charge in [-0.15, -0.1) is 0 Å². The first-order valence-corrected chi connectivity index (χ1v) is 7.05. The molecule has 0 spiro atoms. The van der Waals surface area contributed by atoms with Crippen molar-refractivity contribution in [2.45, 2.75) is 17.0 Å². The molecule has 1 heterocycles. The van der Waals surface area contributed by atoms with E-state index in [2.05, 4.69) is 16.9 Å². The van der Waals surface area contributed by atoms with Gasteiger partial charge in [0.15, 0.2) is 5.16 Å². The summed E-state index contributed by atoms with van der Waals surface area (Å²) in [5.41, 5.74) is 9.67. The van der Waals surface area contributed by atoms with Crippen molar-refractivity contribution in [2.75, 3.05) is 12.8 Å². The number of H-pyrrole nitrogens is 1. The maximum absolute atomic E-state index is 5.83. The molecule has 0 atom stereocenters. The predicted molar refractivity (Wildman–Crippen MR) is 82.4 cm³/mol. The van der Waals surface area contributed by atoms with Crippen LogP contribution in [0.15, 0.2) is 46.5 Å². The van der Waals surface area contributed by atoms with Gasteiger partial charge in [0.25, 0.3) is 0 Å². The minimum atomic E-state index is 0.760. The summed E-state index contributed by atoms with van der Waals surface area (Å²) in [6.07, 6.45) is 0. The third-order valence-corrected chi connectivity index (χ3v) is 4.13. The van der Waals surface area contributed by atoms with Crippen LogP contribution in [0, 0.1) is 6.92 Å². The lowest BCUT2D eigenvalue weighted by Crippen LogP contribution is -1.87. The number of aryl methyl sites for hydroxylation is 1. The van der Waals surface area contributed by atoms with Crippen LogP contribution in [0.5, 0.6) is 5.75 Å². The Kier molecular flexibility index (Phi) is 3.28.